The molecule has 3 rings (SSSR count). The number of H-pyrrole nitrogens is 1. The van der Waals surface area contributed by atoms with Crippen LogP contribution in [0, 0.1) is 13.8 Å². The van der Waals surface area contributed by atoms with E-state index < -0.39 is 0 Å². The summed E-state index contributed by atoms with van der Waals surface area (Å²) in [4.78, 5) is 22.5. The lowest BCUT2D eigenvalue weighted by molar-refractivity contribution is 1.09. The van der Waals surface area contributed by atoms with Crippen LogP contribution in [-0.2, 0) is 0 Å². The van der Waals surface area contributed by atoms with Crippen molar-refractivity contribution in [3.63, 3.8) is 0 Å². The second kappa shape index (κ2) is 7.37. The third-order valence-electron chi connectivity index (χ3n) is 4.28. The summed E-state index contributed by atoms with van der Waals surface area (Å²) < 4.78 is 1.58. The molecule has 0 amide bonds. The summed E-state index contributed by atoms with van der Waals surface area (Å²) in [5, 5.41) is 0. The van der Waals surface area contributed by atoms with Crippen molar-refractivity contribution in [2.45, 2.75) is 13.8 Å². The van der Waals surface area contributed by atoms with Gasteiger partial charge in [0.1, 0.15) is 0 Å². The van der Waals surface area contributed by atoms with Gasteiger partial charge < -0.3 is 9.88 Å². The lowest BCUT2D eigenvalue weighted by Gasteiger charge is -2.15. The lowest BCUT2D eigenvalue weighted by Crippen LogP contribution is -2.12. The van der Waals surface area contributed by atoms with Gasteiger partial charge in [0, 0.05) is 47.3 Å². The van der Waals surface area contributed by atoms with Crippen molar-refractivity contribution in [2.24, 2.45) is 0 Å². The van der Waals surface area contributed by atoms with Crippen LogP contribution in [-0.4, -0.2) is 24.1 Å². The number of benzene rings is 1. The Kier molecular flexibility index (Phi) is 5.34. The number of nitrogens with one attached hydrogen (secondary N) is 1. The first-order valence-corrected chi connectivity index (χ1v) is 9.71. The largest absolute Gasteiger partial charge is 0.377 e. The molecule has 0 radical (unpaired) electrons. The van der Waals surface area contributed by atoms with Gasteiger partial charge in [-0.15, -0.1) is 0 Å². The Morgan fingerprint density at radius 1 is 1.00 bits per heavy atom. The topological polar surface area (TPSA) is 49.0 Å². The third kappa shape index (κ3) is 3.48. The molecule has 6 heteroatoms. The van der Waals surface area contributed by atoms with Crippen molar-refractivity contribution < 1.29 is 0 Å². The Bertz CT molecular complexity index is 1020. The van der Waals surface area contributed by atoms with Crippen LogP contribution in [0.2, 0.25) is 0 Å². The summed E-state index contributed by atoms with van der Waals surface area (Å²) in [7, 11) is 4.01. The Balaban J connectivity index is 2.02. The zero-order valence-corrected chi connectivity index (χ0v) is 18.2. The van der Waals surface area contributed by atoms with Crippen LogP contribution in [0.3, 0.4) is 0 Å². The number of aromatic nitrogens is 2. The van der Waals surface area contributed by atoms with Crippen LogP contribution < -0.4 is 10.3 Å². The summed E-state index contributed by atoms with van der Waals surface area (Å²) in [5.41, 5.74) is 6.08. The molecule has 0 aliphatic heterocycles. The Labute approximate surface area is 169 Å². The summed E-state index contributed by atoms with van der Waals surface area (Å²) in [6.07, 6.45) is 1.75. The van der Waals surface area contributed by atoms with Crippen LogP contribution in [0.15, 0.2) is 50.3 Å². The van der Waals surface area contributed by atoms with Crippen molar-refractivity contribution in [3.8, 4) is 22.4 Å². The van der Waals surface area contributed by atoms with E-state index in [1.165, 1.54) is 0 Å². The van der Waals surface area contributed by atoms with E-state index >= 15 is 0 Å². The Morgan fingerprint density at radius 2 is 1.69 bits per heavy atom. The van der Waals surface area contributed by atoms with Gasteiger partial charge in [-0.1, -0.05) is 12.1 Å². The van der Waals surface area contributed by atoms with E-state index in [0.717, 1.165) is 38.4 Å². The highest BCUT2D eigenvalue weighted by molar-refractivity contribution is 9.10. The number of hydrogen-bond donors (Lipinski definition) is 1. The minimum atomic E-state index is -0.0219. The molecule has 0 aliphatic rings. The number of nitrogens with zero attached hydrogens (tertiary/aromatic N) is 2. The average molecular weight is 477 g/mol. The fourth-order valence-electron chi connectivity index (χ4n) is 2.94. The maximum atomic E-state index is 12.6. The van der Waals surface area contributed by atoms with Gasteiger partial charge in [-0.05, 0) is 63.9 Å². The van der Waals surface area contributed by atoms with Gasteiger partial charge in [0.05, 0.1) is 21.4 Å². The average Bonchev–Trinajstić information content (AvgIpc) is 2.60. The van der Waals surface area contributed by atoms with Gasteiger partial charge in [-0.25, -0.2) is 0 Å². The highest BCUT2D eigenvalue weighted by Gasteiger charge is 2.13. The first-order chi connectivity index (χ1) is 12.3. The molecule has 0 bridgehead atoms. The number of pyridine rings is 2. The molecular weight excluding hydrogens is 458 g/mol. The SMILES string of the molecule is Cc1[nH]c(C)c(-c2ccc(-c3ccc(N(C)C)c(Br)c3)nc2)c(=O)c1Br. The molecule has 2 aromatic heterocycles. The molecule has 0 unspecified atom stereocenters. The van der Waals surface area contributed by atoms with E-state index in [0.29, 0.717) is 10.0 Å². The zero-order valence-electron chi connectivity index (χ0n) is 15.0. The lowest BCUT2D eigenvalue weighted by atomic mass is 10.0. The molecule has 1 aromatic carbocycles. The fraction of sp³-hybridized carbons (Fsp3) is 0.200. The molecule has 1 N–H and O–H groups in total. The van der Waals surface area contributed by atoms with Crippen molar-refractivity contribution in [2.75, 3.05) is 19.0 Å². The number of hydrogen-bond acceptors (Lipinski definition) is 3. The van der Waals surface area contributed by atoms with Crippen LogP contribution >= 0.6 is 31.9 Å². The summed E-state index contributed by atoms with van der Waals surface area (Å²) in [6.45, 7) is 3.78. The smallest absolute Gasteiger partial charge is 0.204 e. The van der Waals surface area contributed by atoms with E-state index in [4.69, 9.17) is 0 Å². The monoisotopic (exact) mass is 475 g/mol. The quantitative estimate of drug-likeness (QED) is 0.557. The van der Waals surface area contributed by atoms with Crippen molar-refractivity contribution in [1.29, 1.82) is 0 Å². The second-order valence-corrected chi connectivity index (χ2v) is 8.03. The van der Waals surface area contributed by atoms with Gasteiger partial charge in [0.2, 0.25) is 5.43 Å². The Morgan fingerprint density at radius 3 is 2.27 bits per heavy atom. The van der Waals surface area contributed by atoms with Crippen molar-refractivity contribution in [3.05, 3.63) is 67.1 Å². The molecule has 2 heterocycles. The normalized spacial score (nSPS) is 10.8. The fourth-order valence-corrected chi connectivity index (χ4v) is 3.97. The molecule has 0 saturated carbocycles. The van der Waals surface area contributed by atoms with Crippen molar-refractivity contribution >= 4 is 37.5 Å². The van der Waals surface area contributed by atoms with E-state index in [1.807, 2.05) is 46.1 Å². The number of rotatable bonds is 3. The molecule has 0 spiro atoms. The number of halogens is 2. The van der Waals surface area contributed by atoms with Crippen molar-refractivity contribution in [1.82, 2.24) is 9.97 Å². The van der Waals surface area contributed by atoms with Gasteiger partial charge >= 0.3 is 0 Å². The number of aryl methyl sites for hydroxylation is 2. The van der Waals surface area contributed by atoms with E-state index in [-0.39, 0.29) is 5.43 Å². The predicted octanol–water partition coefficient (Wildman–Crippen LogP) is 5.31. The first-order valence-electron chi connectivity index (χ1n) is 8.12. The molecule has 0 saturated heterocycles. The maximum Gasteiger partial charge on any atom is 0.204 e. The molecule has 0 atom stereocenters. The van der Waals surface area contributed by atoms with Crippen LogP contribution in [0.4, 0.5) is 5.69 Å². The molecule has 134 valence electrons. The molecule has 0 aliphatic carbocycles. The number of anilines is 1. The number of aromatic amines is 1. The van der Waals surface area contributed by atoms with Crippen LogP contribution in [0.1, 0.15) is 11.4 Å². The second-order valence-electron chi connectivity index (χ2n) is 6.39. The highest BCUT2D eigenvalue weighted by atomic mass is 79.9. The zero-order chi connectivity index (χ0) is 19.0. The van der Waals surface area contributed by atoms with Gasteiger partial charge in [0.15, 0.2) is 0 Å². The van der Waals surface area contributed by atoms with Gasteiger partial charge in [-0.2, -0.15) is 0 Å². The van der Waals surface area contributed by atoms with Crippen LogP contribution in [0.5, 0.6) is 0 Å². The first kappa shape index (κ1) is 18.9. The summed E-state index contributed by atoms with van der Waals surface area (Å²) >= 11 is 6.98. The summed E-state index contributed by atoms with van der Waals surface area (Å²) in [6, 6.07) is 10.0. The molecular formula is C20H19Br2N3O. The predicted molar refractivity (Wildman–Crippen MR) is 115 cm³/mol. The van der Waals surface area contributed by atoms with Crippen LogP contribution in [0.25, 0.3) is 22.4 Å². The van der Waals surface area contributed by atoms with E-state index in [1.54, 1.807) is 6.20 Å². The Hall–Kier alpha value is -1.92. The molecule has 3 aromatic rings. The maximum absolute atomic E-state index is 12.6. The molecule has 26 heavy (non-hydrogen) atoms. The standard InChI is InChI=1S/C20H19Br2N3O/c1-11-18(20(26)19(22)12(2)24-11)14-5-7-16(23-10-14)13-6-8-17(25(3)4)15(21)9-13/h5-10H,1-4H3,(H,24,26). The molecule has 0 fully saturated rings. The summed E-state index contributed by atoms with van der Waals surface area (Å²) in [5.74, 6) is 0. The van der Waals surface area contributed by atoms with E-state index in [2.05, 4.69) is 58.9 Å². The molecule has 4 nitrogen and oxygen atoms in total. The minimum Gasteiger partial charge on any atom is -0.377 e. The third-order valence-corrected chi connectivity index (χ3v) is 5.87. The van der Waals surface area contributed by atoms with E-state index in [9.17, 15) is 4.79 Å². The minimum absolute atomic E-state index is 0.0219. The van der Waals surface area contributed by atoms with Gasteiger partial charge in [0.25, 0.3) is 0 Å². The highest BCUT2D eigenvalue weighted by Crippen LogP contribution is 2.30. The van der Waals surface area contributed by atoms with Gasteiger partial charge in [-0.3, -0.25) is 9.78 Å².